The van der Waals surface area contributed by atoms with E-state index in [1.807, 2.05) is 38.1 Å². The second-order valence-electron chi connectivity index (χ2n) is 4.66. The Balaban J connectivity index is 1.99. The number of anilines is 1. The zero-order valence-corrected chi connectivity index (χ0v) is 12.1. The van der Waals surface area contributed by atoms with Gasteiger partial charge in [0.25, 0.3) is 0 Å². The van der Waals surface area contributed by atoms with Crippen molar-refractivity contribution in [3.05, 3.63) is 41.0 Å². The van der Waals surface area contributed by atoms with Gasteiger partial charge < -0.3 is 10.2 Å². The van der Waals surface area contributed by atoms with E-state index >= 15 is 0 Å². The van der Waals surface area contributed by atoms with Crippen molar-refractivity contribution < 1.29 is 4.39 Å². The highest BCUT2D eigenvalue weighted by molar-refractivity contribution is 7.09. The maximum absolute atomic E-state index is 13.9. The zero-order valence-electron chi connectivity index (χ0n) is 11.3. The van der Waals surface area contributed by atoms with Crippen molar-refractivity contribution in [2.45, 2.75) is 20.0 Å². The van der Waals surface area contributed by atoms with Crippen LogP contribution in [0.25, 0.3) is 0 Å². The van der Waals surface area contributed by atoms with E-state index in [1.54, 1.807) is 6.07 Å². The van der Waals surface area contributed by atoms with Gasteiger partial charge in [-0.25, -0.2) is 9.37 Å². The quantitative estimate of drug-likeness (QED) is 0.914. The summed E-state index contributed by atoms with van der Waals surface area (Å²) < 4.78 is 17.9. The van der Waals surface area contributed by atoms with Crippen LogP contribution in [0.3, 0.4) is 0 Å². The van der Waals surface area contributed by atoms with E-state index in [0.29, 0.717) is 18.7 Å². The molecule has 0 atom stereocenters. The molecule has 102 valence electrons. The number of hydrogen-bond donors (Lipinski definition) is 1. The zero-order chi connectivity index (χ0) is 13.8. The third kappa shape index (κ3) is 3.97. The Labute approximate surface area is 116 Å². The molecule has 1 heterocycles. The van der Waals surface area contributed by atoms with Crippen molar-refractivity contribution in [2.24, 2.45) is 0 Å². The van der Waals surface area contributed by atoms with Crippen molar-refractivity contribution in [3.63, 3.8) is 0 Å². The van der Waals surface area contributed by atoms with Gasteiger partial charge in [0.15, 0.2) is 0 Å². The lowest BCUT2D eigenvalue weighted by Gasteiger charge is -2.11. The summed E-state index contributed by atoms with van der Waals surface area (Å²) in [6.07, 6.45) is 0. The van der Waals surface area contributed by atoms with Crippen LogP contribution in [0.15, 0.2) is 18.2 Å². The molecule has 19 heavy (non-hydrogen) atoms. The molecule has 1 N–H and O–H groups in total. The summed E-state index contributed by atoms with van der Waals surface area (Å²) in [6, 6.07) is 5.33. The molecule has 0 saturated heterocycles. The lowest BCUT2D eigenvalue weighted by atomic mass is 10.1. The number of hydrogen-bond acceptors (Lipinski definition) is 5. The predicted molar refractivity (Wildman–Crippen MR) is 75.8 cm³/mol. The molecular weight excluding hydrogens is 263 g/mol. The lowest BCUT2D eigenvalue weighted by Crippen LogP contribution is -2.12. The number of aryl methyl sites for hydroxylation is 1. The van der Waals surface area contributed by atoms with Gasteiger partial charge in [0.05, 0.1) is 0 Å². The number of aromatic nitrogens is 2. The molecule has 0 aliphatic heterocycles. The van der Waals surface area contributed by atoms with Gasteiger partial charge in [-0.1, -0.05) is 12.1 Å². The molecule has 0 saturated carbocycles. The fraction of sp³-hybridized carbons (Fsp3) is 0.385. The van der Waals surface area contributed by atoms with Crippen LogP contribution < -0.4 is 5.32 Å². The van der Waals surface area contributed by atoms with Gasteiger partial charge in [-0.3, -0.25) is 0 Å². The number of halogens is 1. The molecule has 1 aromatic carbocycles. The summed E-state index contributed by atoms with van der Waals surface area (Å²) in [4.78, 5) is 6.15. The van der Waals surface area contributed by atoms with Crippen LogP contribution in [0.1, 0.15) is 17.0 Å². The van der Waals surface area contributed by atoms with Gasteiger partial charge in [-0.15, -0.1) is 0 Å². The van der Waals surface area contributed by atoms with E-state index in [9.17, 15) is 4.39 Å². The topological polar surface area (TPSA) is 41.1 Å². The van der Waals surface area contributed by atoms with Crippen LogP contribution in [0.5, 0.6) is 0 Å². The fourth-order valence-electron chi connectivity index (χ4n) is 1.72. The third-order valence-corrected chi connectivity index (χ3v) is 3.34. The highest BCUT2D eigenvalue weighted by Crippen LogP contribution is 2.15. The molecule has 0 fully saturated rings. The maximum atomic E-state index is 13.9. The summed E-state index contributed by atoms with van der Waals surface area (Å²) in [5, 5.41) is 3.90. The SMILES string of the molecule is Cc1nsc(NCc2ccc(CN(C)C)c(F)c2)n1. The van der Waals surface area contributed by atoms with Crippen LogP contribution in [-0.2, 0) is 13.1 Å². The Bertz CT molecular complexity index is 553. The van der Waals surface area contributed by atoms with Crippen LogP contribution in [0.2, 0.25) is 0 Å². The molecule has 0 unspecified atom stereocenters. The number of benzene rings is 1. The molecule has 2 aromatic rings. The van der Waals surface area contributed by atoms with Crippen LogP contribution in [-0.4, -0.2) is 28.4 Å². The van der Waals surface area contributed by atoms with E-state index in [1.165, 1.54) is 11.5 Å². The minimum atomic E-state index is -0.165. The van der Waals surface area contributed by atoms with Crippen molar-refractivity contribution in [3.8, 4) is 0 Å². The summed E-state index contributed by atoms with van der Waals surface area (Å²) in [5.74, 6) is 0.585. The van der Waals surface area contributed by atoms with E-state index in [4.69, 9.17) is 0 Å². The van der Waals surface area contributed by atoms with Crippen molar-refractivity contribution >= 4 is 16.7 Å². The molecular formula is C13H17FN4S. The van der Waals surface area contributed by atoms with E-state index in [2.05, 4.69) is 14.7 Å². The van der Waals surface area contributed by atoms with Gasteiger partial charge in [0, 0.05) is 30.2 Å². The highest BCUT2D eigenvalue weighted by atomic mass is 32.1. The van der Waals surface area contributed by atoms with E-state index < -0.39 is 0 Å². The first-order chi connectivity index (χ1) is 9.04. The minimum Gasteiger partial charge on any atom is -0.356 e. The van der Waals surface area contributed by atoms with Gasteiger partial charge in [0.1, 0.15) is 11.6 Å². The largest absolute Gasteiger partial charge is 0.356 e. The maximum Gasteiger partial charge on any atom is 0.202 e. The van der Waals surface area contributed by atoms with Crippen molar-refractivity contribution in [2.75, 3.05) is 19.4 Å². The summed E-state index contributed by atoms with van der Waals surface area (Å²) in [5.41, 5.74) is 1.60. The van der Waals surface area contributed by atoms with Crippen molar-refractivity contribution in [1.29, 1.82) is 0 Å². The second-order valence-corrected chi connectivity index (χ2v) is 5.42. The lowest BCUT2D eigenvalue weighted by molar-refractivity contribution is 0.392. The molecule has 0 aliphatic rings. The monoisotopic (exact) mass is 280 g/mol. The first-order valence-corrected chi connectivity index (χ1v) is 6.78. The normalized spacial score (nSPS) is 11.0. The summed E-state index contributed by atoms with van der Waals surface area (Å²) >= 11 is 1.31. The first-order valence-electron chi connectivity index (χ1n) is 6.01. The molecule has 0 bridgehead atoms. The van der Waals surface area contributed by atoms with E-state index in [0.717, 1.165) is 16.5 Å². The molecule has 4 nitrogen and oxygen atoms in total. The Morgan fingerprint density at radius 2 is 2.16 bits per heavy atom. The molecule has 0 aliphatic carbocycles. The van der Waals surface area contributed by atoms with E-state index in [-0.39, 0.29) is 5.82 Å². The smallest absolute Gasteiger partial charge is 0.202 e. The number of nitrogens with zero attached hydrogens (tertiary/aromatic N) is 3. The summed E-state index contributed by atoms with van der Waals surface area (Å²) in [7, 11) is 3.85. The average molecular weight is 280 g/mol. The van der Waals surface area contributed by atoms with Gasteiger partial charge in [0.2, 0.25) is 5.13 Å². The minimum absolute atomic E-state index is 0.165. The first kappa shape index (κ1) is 13.9. The van der Waals surface area contributed by atoms with Gasteiger partial charge in [-0.05, 0) is 32.6 Å². The molecule has 0 radical (unpaired) electrons. The van der Waals surface area contributed by atoms with Gasteiger partial charge in [-0.2, -0.15) is 4.37 Å². The Morgan fingerprint density at radius 1 is 1.37 bits per heavy atom. The second kappa shape index (κ2) is 6.08. The molecule has 6 heteroatoms. The molecule has 0 amide bonds. The Hall–Kier alpha value is -1.53. The number of rotatable bonds is 5. The average Bonchev–Trinajstić information content (AvgIpc) is 2.75. The number of nitrogens with one attached hydrogen (secondary N) is 1. The molecule has 2 rings (SSSR count). The van der Waals surface area contributed by atoms with Crippen molar-refractivity contribution in [1.82, 2.24) is 14.3 Å². The Morgan fingerprint density at radius 3 is 2.74 bits per heavy atom. The fourth-order valence-corrected chi connectivity index (χ4v) is 2.29. The van der Waals surface area contributed by atoms with Crippen LogP contribution in [0, 0.1) is 12.7 Å². The predicted octanol–water partition coefficient (Wildman–Crippen LogP) is 2.66. The summed E-state index contributed by atoms with van der Waals surface area (Å²) in [6.45, 7) is 3.00. The Kier molecular flexibility index (Phi) is 4.44. The van der Waals surface area contributed by atoms with Gasteiger partial charge >= 0.3 is 0 Å². The molecule has 1 aromatic heterocycles. The standard InChI is InChI=1S/C13H17FN4S/c1-9-16-13(19-17-9)15-7-10-4-5-11(8-18(2)3)12(14)6-10/h4-6H,7-8H2,1-3H3,(H,15,16,17). The third-order valence-electron chi connectivity index (χ3n) is 2.58. The molecule has 0 spiro atoms. The highest BCUT2D eigenvalue weighted by Gasteiger charge is 2.05. The van der Waals surface area contributed by atoms with Crippen LogP contribution >= 0.6 is 11.5 Å². The van der Waals surface area contributed by atoms with Crippen LogP contribution in [0.4, 0.5) is 9.52 Å².